The van der Waals surface area contributed by atoms with Crippen molar-refractivity contribution >= 4 is 16.9 Å². The van der Waals surface area contributed by atoms with Crippen molar-refractivity contribution in [1.82, 2.24) is 14.5 Å². The molecule has 0 aliphatic carbocycles. The van der Waals surface area contributed by atoms with E-state index >= 15 is 0 Å². The fraction of sp³-hybridized carbons (Fsp3) is 0.222. The Labute approximate surface area is 134 Å². The van der Waals surface area contributed by atoms with E-state index in [1.54, 1.807) is 41.4 Å². The van der Waals surface area contributed by atoms with Crippen molar-refractivity contribution in [3.8, 4) is 0 Å². The van der Waals surface area contributed by atoms with Crippen LogP contribution in [0.2, 0.25) is 0 Å². The predicted octanol–water partition coefficient (Wildman–Crippen LogP) is 2.12. The normalized spacial score (nSPS) is 10.9. The van der Waals surface area contributed by atoms with E-state index in [-0.39, 0.29) is 11.6 Å². The van der Waals surface area contributed by atoms with Gasteiger partial charge in [0, 0.05) is 26.2 Å². The first kappa shape index (κ1) is 15.1. The van der Waals surface area contributed by atoms with E-state index in [2.05, 4.69) is 5.32 Å². The van der Waals surface area contributed by atoms with Gasteiger partial charge in [-0.2, -0.15) is 0 Å². The molecule has 0 atom stereocenters. The molecule has 0 saturated carbocycles. The van der Waals surface area contributed by atoms with Crippen LogP contribution in [0.5, 0.6) is 0 Å². The first-order chi connectivity index (χ1) is 11.0. The smallest absolute Gasteiger partial charge is 0.328 e. The van der Waals surface area contributed by atoms with E-state index in [0.717, 1.165) is 22.2 Å². The average Bonchev–Trinajstić information content (AvgIpc) is 2.78. The highest BCUT2D eigenvalue weighted by Gasteiger charge is 2.12. The number of imidazole rings is 1. The van der Waals surface area contributed by atoms with E-state index in [0.29, 0.717) is 12.1 Å². The van der Waals surface area contributed by atoms with Crippen LogP contribution < -0.4 is 11.0 Å². The van der Waals surface area contributed by atoms with Gasteiger partial charge in [0.15, 0.2) is 0 Å². The van der Waals surface area contributed by atoms with E-state index in [4.69, 9.17) is 0 Å². The number of hydrogen-bond donors (Lipinski definition) is 1. The van der Waals surface area contributed by atoms with Crippen molar-refractivity contribution in [2.75, 3.05) is 0 Å². The highest BCUT2D eigenvalue weighted by atomic mass is 16.2. The minimum Gasteiger partial charge on any atom is -0.348 e. The number of hydrogen-bond acceptors (Lipinski definition) is 2. The van der Waals surface area contributed by atoms with Gasteiger partial charge in [-0.1, -0.05) is 24.3 Å². The van der Waals surface area contributed by atoms with Crippen LogP contribution >= 0.6 is 0 Å². The van der Waals surface area contributed by atoms with Gasteiger partial charge >= 0.3 is 5.69 Å². The van der Waals surface area contributed by atoms with Gasteiger partial charge in [-0.15, -0.1) is 0 Å². The first-order valence-electron chi connectivity index (χ1n) is 7.47. The third kappa shape index (κ3) is 2.65. The van der Waals surface area contributed by atoms with Gasteiger partial charge in [0.2, 0.25) is 0 Å². The predicted molar refractivity (Wildman–Crippen MR) is 90.5 cm³/mol. The molecular formula is C18H19N3O2. The van der Waals surface area contributed by atoms with Crippen LogP contribution in [0.15, 0.2) is 47.3 Å². The Morgan fingerprint density at radius 1 is 1.04 bits per heavy atom. The molecule has 0 bridgehead atoms. The van der Waals surface area contributed by atoms with Crippen molar-refractivity contribution in [2.24, 2.45) is 14.1 Å². The number of benzene rings is 2. The first-order valence-corrected chi connectivity index (χ1v) is 7.47. The Morgan fingerprint density at radius 2 is 1.74 bits per heavy atom. The van der Waals surface area contributed by atoms with Gasteiger partial charge in [0.25, 0.3) is 5.91 Å². The van der Waals surface area contributed by atoms with Crippen molar-refractivity contribution < 1.29 is 4.79 Å². The van der Waals surface area contributed by atoms with Gasteiger partial charge in [-0.05, 0) is 36.2 Å². The second-order valence-corrected chi connectivity index (χ2v) is 5.71. The molecule has 3 aromatic rings. The number of nitrogens with zero attached hydrogens (tertiary/aromatic N) is 2. The summed E-state index contributed by atoms with van der Waals surface area (Å²) in [6, 6.07) is 13.3. The van der Waals surface area contributed by atoms with Crippen LogP contribution in [-0.2, 0) is 20.6 Å². The molecule has 0 spiro atoms. The van der Waals surface area contributed by atoms with Gasteiger partial charge in [0.05, 0.1) is 11.0 Å². The van der Waals surface area contributed by atoms with E-state index in [1.807, 2.05) is 31.2 Å². The van der Waals surface area contributed by atoms with Crippen molar-refractivity contribution in [3.63, 3.8) is 0 Å². The standard InChI is InChI=1S/C18H19N3O2/c1-12-6-4-5-7-14(12)11-19-17(22)13-8-9-15-16(10-13)21(3)18(23)20(15)2/h4-10H,11H2,1-3H3,(H,19,22). The number of aryl methyl sites for hydroxylation is 3. The summed E-state index contributed by atoms with van der Waals surface area (Å²) in [7, 11) is 3.43. The maximum Gasteiger partial charge on any atom is 0.328 e. The number of amides is 1. The molecular weight excluding hydrogens is 290 g/mol. The maximum absolute atomic E-state index is 12.4. The summed E-state index contributed by atoms with van der Waals surface area (Å²) in [6.07, 6.45) is 0. The van der Waals surface area contributed by atoms with Crippen molar-refractivity contribution in [1.29, 1.82) is 0 Å². The largest absolute Gasteiger partial charge is 0.348 e. The van der Waals surface area contributed by atoms with Gasteiger partial charge < -0.3 is 5.32 Å². The average molecular weight is 309 g/mol. The van der Waals surface area contributed by atoms with Gasteiger partial charge in [-0.3, -0.25) is 13.9 Å². The minimum absolute atomic E-state index is 0.0996. The zero-order valence-corrected chi connectivity index (χ0v) is 13.5. The maximum atomic E-state index is 12.4. The summed E-state index contributed by atoms with van der Waals surface area (Å²) in [4.78, 5) is 24.3. The van der Waals surface area contributed by atoms with Crippen LogP contribution in [0.3, 0.4) is 0 Å². The summed E-state index contributed by atoms with van der Waals surface area (Å²) in [5.41, 5.74) is 4.25. The highest BCUT2D eigenvalue weighted by Crippen LogP contribution is 2.14. The Kier molecular flexibility index (Phi) is 3.78. The molecule has 2 aromatic carbocycles. The topological polar surface area (TPSA) is 56.0 Å². The molecule has 1 N–H and O–H groups in total. The second-order valence-electron chi connectivity index (χ2n) is 5.71. The lowest BCUT2D eigenvalue weighted by Gasteiger charge is -2.08. The highest BCUT2D eigenvalue weighted by molar-refractivity contribution is 5.97. The summed E-state index contributed by atoms with van der Waals surface area (Å²) >= 11 is 0. The summed E-state index contributed by atoms with van der Waals surface area (Å²) < 4.78 is 3.12. The Morgan fingerprint density at radius 3 is 2.48 bits per heavy atom. The van der Waals surface area contributed by atoms with Crippen LogP contribution in [0.4, 0.5) is 0 Å². The fourth-order valence-corrected chi connectivity index (χ4v) is 2.73. The Hall–Kier alpha value is -2.82. The third-order valence-corrected chi connectivity index (χ3v) is 4.23. The van der Waals surface area contributed by atoms with E-state index < -0.39 is 0 Å². The molecule has 0 aliphatic heterocycles. The lowest BCUT2D eigenvalue weighted by atomic mass is 10.1. The number of nitrogens with one attached hydrogen (secondary N) is 1. The molecule has 0 unspecified atom stereocenters. The number of rotatable bonds is 3. The second kappa shape index (κ2) is 5.76. The van der Waals surface area contributed by atoms with Gasteiger partial charge in [0.1, 0.15) is 0 Å². The van der Waals surface area contributed by atoms with Crippen LogP contribution in [0, 0.1) is 6.92 Å². The monoisotopic (exact) mass is 309 g/mol. The minimum atomic E-state index is -0.147. The van der Waals surface area contributed by atoms with Crippen molar-refractivity contribution in [3.05, 3.63) is 69.6 Å². The molecule has 3 rings (SSSR count). The van der Waals surface area contributed by atoms with Gasteiger partial charge in [-0.25, -0.2) is 4.79 Å². The van der Waals surface area contributed by atoms with E-state index in [1.165, 1.54) is 0 Å². The number of carbonyl (C=O) groups is 1. The quantitative estimate of drug-likeness (QED) is 0.805. The molecule has 0 radical (unpaired) electrons. The van der Waals surface area contributed by atoms with E-state index in [9.17, 15) is 9.59 Å². The van der Waals surface area contributed by atoms with Crippen LogP contribution in [-0.4, -0.2) is 15.0 Å². The van der Waals surface area contributed by atoms with Crippen LogP contribution in [0.1, 0.15) is 21.5 Å². The Bertz CT molecular complexity index is 951. The molecule has 0 saturated heterocycles. The molecule has 1 aromatic heterocycles. The lowest BCUT2D eigenvalue weighted by molar-refractivity contribution is 0.0951. The zero-order valence-electron chi connectivity index (χ0n) is 13.5. The summed E-state index contributed by atoms with van der Waals surface area (Å²) in [5.74, 6) is -0.147. The molecule has 5 nitrogen and oxygen atoms in total. The molecule has 0 fully saturated rings. The molecule has 0 aliphatic rings. The number of fused-ring (bicyclic) bond motifs is 1. The number of carbonyl (C=O) groups excluding carboxylic acids is 1. The summed E-state index contributed by atoms with van der Waals surface area (Å²) in [6.45, 7) is 2.50. The zero-order chi connectivity index (χ0) is 16.6. The van der Waals surface area contributed by atoms with Crippen molar-refractivity contribution in [2.45, 2.75) is 13.5 Å². The Balaban J connectivity index is 1.85. The third-order valence-electron chi connectivity index (χ3n) is 4.23. The molecule has 23 heavy (non-hydrogen) atoms. The number of aromatic nitrogens is 2. The molecule has 5 heteroatoms. The molecule has 1 amide bonds. The summed E-state index contributed by atoms with van der Waals surface area (Å²) in [5, 5.41) is 2.93. The molecule has 1 heterocycles. The lowest BCUT2D eigenvalue weighted by Crippen LogP contribution is -2.23. The SMILES string of the molecule is Cc1ccccc1CNC(=O)c1ccc2c(c1)n(C)c(=O)n2C. The molecule has 118 valence electrons. The fourth-order valence-electron chi connectivity index (χ4n) is 2.73. The van der Waals surface area contributed by atoms with Crippen LogP contribution in [0.25, 0.3) is 11.0 Å².